The summed E-state index contributed by atoms with van der Waals surface area (Å²) in [5, 5.41) is 3.43. The lowest BCUT2D eigenvalue weighted by molar-refractivity contribution is -0.136. The van der Waals surface area contributed by atoms with E-state index in [4.69, 9.17) is 0 Å². The molecule has 1 amide bonds. The summed E-state index contributed by atoms with van der Waals surface area (Å²) in [7, 11) is 0. The van der Waals surface area contributed by atoms with Crippen LogP contribution in [0, 0.1) is 17.8 Å². The lowest BCUT2D eigenvalue weighted by atomic mass is 9.82. The molecular formula is C22H35ClN2O. The summed E-state index contributed by atoms with van der Waals surface area (Å²) in [6.07, 6.45) is 7.04. The highest BCUT2D eigenvalue weighted by molar-refractivity contribution is 5.85. The highest BCUT2D eigenvalue weighted by Crippen LogP contribution is 2.32. The Balaban J connectivity index is 0.00000243. The van der Waals surface area contributed by atoms with E-state index in [1.54, 1.807) is 0 Å². The van der Waals surface area contributed by atoms with Crippen molar-refractivity contribution in [2.75, 3.05) is 19.6 Å². The van der Waals surface area contributed by atoms with Gasteiger partial charge in [0.15, 0.2) is 0 Å². The average molecular weight is 379 g/mol. The van der Waals surface area contributed by atoms with Crippen LogP contribution in [0.5, 0.6) is 0 Å². The van der Waals surface area contributed by atoms with Crippen molar-refractivity contribution in [2.45, 2.75) is 58.4 Å². The van der Waals surface area contributed by atoms with Crippen LogP contribution in [0.1, 0.15) is 64.0 Å². The van der Waals surface area contributed by atoms with Gasteiger partial charge in [0.05, 0.1) is 6.04 Å². The minimum atomic E-state index is 0. The minimum absolute atomic E-state index is 0. The Morgan fingerprint density at radius 3 is 2.35 bits per heavy atom. The number of carbonyl (C=O) groups excluding carboxylic acids is 1. The van der Waals surface area contributed by atoms with E-state index in [0.717, 1.165) is 19.6 Å². The van der Waals surface area contributed by atoms with Gasteiger partial charge in [0.25, 0.3) is 0 Å². The van der Waals surface area contributed by atoms with Crippen LogP contribution in [0.15, 0.2) is 30.3 Å². The topological polar surface area (TPSA) is 32.3 Å². The van der Waals surface area contributed by atoms with Gasteiger partial charge in [-0.3, -0.25) is 4.79 Å². The number of hydrogen-bond acceptors (Lipinski definition) is 2. The van der Waals surface area contributed by atoms with E-state index >= 15 is 0 Å². The maximum atomic E-state index is 13.2. The normalized spacial score (nSPS) is 20.5. The molecule has 2 aliphatic rings. The lowest BCUT2D eigenvalue weighted by Gasteiger charge is -2.37. The lowest BCUT2D eigenvalue weighted by Crippen LogP contribution is -2.41. The smallest absolute Gasteiger partial charge is 0.223 e. The minimum Gasteiger partial charge on any atom is -0.336 e. The first-order valence-corrected chi connectivity index (χ1v) is 10.2. The predicted octanol–water partition coefficient (Wildman–Crippen LogP) is 4.82. The molecule has 1 heterocycles. The Labute approximate surface area is 165 Å². The summed E-state index contributed by atoms with van der Waals surface area (Å²) in [6.45, 7) is 7.63. The summed E-state index contributed by atoms with van der Waals surface area (Å²) < 4.78 is 0. The number of nitrogens with one attached hydrogen (secondary N) is 1. The number of piperidine rings is 1. The summed E-state index contributed by atoms with van der Waals surface area (Å²) in [5.41, 5.74) is 1.25. The van der Waals surface area contributed by atoms with Gasteiger partial charge in [0.1, 0.15) is 0 Å². The van der Waals surface area contributed by atoms with Crippen molar-refractivity contribution in [3.63, 3.8) is 0 Å². The molecule has 1 saturated carbocycles. The molecule has 2 unspecified atom stereocenters. The van der Waals surface area contributed by atoms with E-state index in [1.165, 1.54) is 37.7 Å². The third-order valence-corrected chi connectivity index (χ3v) is 6.43. The largest absolute Gasteiger partial charge is 0.336 e. The number of amides is 1. The number of nitrogens with zero attached hydrogens (tertiary/aromatic N) is 1. The van der Waals surface area contributed by atoms with Crippen LogP contribution in [-0.4, -0.2) is 30.4 Å². The van der Waals surface area contributed by atoms with Gasteiger partial charge in [-0.05, 0) is 69.0 Å². The fourth-order valence-electron chi connectivity index (χ4n) is 4.31. The quantitative estimate of drug-likeness (QED) is 0.737. The zero-order chi connectivity index (χ0) is 17.6. The standard InChI is InChI=1S/C22H34N2O.ClH/c1-17(20-11-13-23-14-12-20)15-22(25)24(16-19-7-6-8-19)18(2)21-9-4-3-5-10-21;/h3-5,9-10,17-20,23H,6-8,11-16H2,1-2H3;1H. The van der Waals surface area contributed by atoms with E-state index in [-0.39, 0.29) is 18.4 Å². The monoisotopic (exact) mass is 378 g/mol. The van der Waals surface area contributed by atoms with Gasteiger partial charge in [0, 0.05) is 13.0 Å². The maximum absolute atomic E-state index is 13.2. The van der Waals surface area contributed by atoms with Crippen LogP contribution in [0.2, 0.25) is 0 Å². The number of carbonyl (C=O) groups is 1. The SMILES string of the molecule is CC(CC(=O)N(CC1CCC1)C(C)c1ccccc1)C1CCNCC1.Cl. The van der Waals surface area contributed by atoms with E-state index < -0.39 is 0 Å². The Bertz CT molecular complexity index is 540. The number of hydrogen-bond donors (Lipinski definition) is 1. The molecule has 2 fully saturated rings. The van der Waals surface area contributed by atoms with Crippen molar-refractivity contribution in [1.29, 1.82) is 0 Å². The second kappa shape index (κ2) is 10.3. The Kier molecular flexibility index (Phi) is 8.43. The zero-order valence-electron chi connectivity index (χ0n) is 16.3. The second-order valence-electron chi connectivity index (χ2n) is 8.20. The molecule has 1 aromatic rings. The molecule has 3 nitrogen and oxygen atoms in total. The number of rotatable bonds is 7. The predicted molar refractivity (Wildman–Crippen MR) is 111 cm³/mol. The van der Waals surface area contributed by atoms with Crippen LogP contribution in [0.25, 0.3) is 0 Å². The first kappa shape index (κ1) is 21.2. The number of halogens is 1. The van der Waals surface area contributed by atoms with Gasteiger partial charge < -0.3 is 10.2 Å². The summed E-state index contributed by atoms with van der Waals surface area (Å²) in [5.74, 6) is 2.25. The second-order valence-corrected chi connectivity index (χ2v) is 8.20. The summed E-state index contributed by atoms with van der Waals surface area (Å²) in [6, 6.07) is 10.7. The number of benzene rings is 1. The van der Waals surface area contributed by atoms with Crippen molar-refractivity contribution in [2.24, 2.45) is 17.8 Å². The first-order valence-electron chi connectivity index (χ1n) is 10.2. The van der Waals surface area contributed by atoms with E-state index in [0.29, 0.717) is 30.1 Å². The van der Waals surface area contributed by atoms with Gasteiger partial charge >= 0.3 is 0 Å². The zero-order valence-corrected chi connectivity index (χ0v) is 17.1. The molecule has 1 saturated heterocycles. The fourth-order valence-corrected chi connectivity index (χ4v) is 4.31. The molecule has 4 heteroatoms. The molecule has 146 valence electrons. The molecule has 2 atom stereocenters. The van der Waals surface area contributed by atoms with Crippen molar-refractivity contribution in [3.8, 4) is 0 Å². The fraction of sp³-hybridized carbons (Fsp3) is 0.682. The molecule has 1 aromatic carbocycles. The molecule has 1 N–H and O–H groups in total. The Hall–Kier alpha value is -1.06. The highest BCUT2D eigenvalue weighted by Gasteiger charge is 2.30. The van der Waals surface area contributed by atoms with Gasteiger partial charge in [-0.2, -0.15) is 0 Å². The van der Waals surface area contributed by atoms with Gasteiger partial charge in [-0.1, -0.05) is 43.7 Å². The molecule has 0 bridgehead atoms. The van der Waals surface area contributed by atoms with Gasteiger partial charge in [-0.15, -0.1) is 12.4 Å². The van der Waals surface area contributed by atoms with Crippen LogP contribution in [-0.2, 0) is 4.79 Å². The van der Waals surface area contributed by atoms with Crippen LogP contribution in [0.4, 0.5) is 0 Å². The molecule has 0 spiro atoms. The first-order chi connectivity index (χ1) is 12.1. The van der Waals surface area contributed by atoms with Crippen LogP contribution < -0.4 is 5.32 Å². The molecular weight excluding hydrogens is 344 g/mol. The Morgan fingerprint density at radius 2 is 1.77 bits per heavy atom. The van der Waals surface area contributed by atoms with Gasteiger partial charge in [-0.25, -0.2) is 0 Å². The van der Waals surface area contributed by atoms with Crippen molar-refractivity contribution >= 4 is 18.3 Å². The van der Waals surface area contributed by atoms with E-state index in [1.807, 2.05) is 6.07 Å². The van der Waals surface area contributed by atoms with Crippen molar-refractivity contribution in [1.82, 2.24) is 10.2 Å². The Morgan fingerprint density at radius 1 is 1.12 bits per heavy atom. The van der Waals surface area contributed by atoms with Crippen molar-refractivity contribution < 1.29 is 4.79 Å². The van der Waals surface area contributed by atoms with Crippen LogP contribution in [0.3, 0.4) is 0 Å². The molecule has 1 aliphatic heterocycles. The highest BCUT2D eigenvalue weighted by atomic mass is 35.5. The average Bonchev–Trinajstić information content (AvgIpc) is 2.61. The third-order valence-electron chi connectivity index (χ3n) is 6.43. The molecule has 0 aromatic heterocycles. The summed E-state index contributed by atoms with van der Waals surface area (Å²) in [4.78, 5) is 15.4. The summed E-state index contributed by atoms with van der Waals surface area (Å²) >= 11 is 0. The van der Waals surface area contributed by atoms with Gasteiger partial charge in [0.2, 0.25) is 5.91 Å². The molecule has 0 radical (unpaired) electrons. The van der Waals surface area contributed by atoms with Crippen molar-refractivity contribution in [3.05, 3.63) is 35.9 Å². The molecule has 1 aliphatic carbocycles. The molecule has 26 heavy (non-hydrogen) atoms. The molecule has 3 rings (SSSR count). The van der Waals surface area contributed by atoms with E-state index in [9.17, 15) is 4.79 Å². The third kappa shape index (κ3) is 5.47. The van der Waals surface area contributed by atoms with Crippen LogP contribution >= 0.6 is 12.4 Å². The van der Waals surface area contributed by atoms with E-state index in [2.05, 4.69) is 48.3 Å². The maximum Gasteiger partial charge on any atom is 0.223 e.